The van der Waals surface area contributed by atoms with Gasteiger partial charge in [0, 0.05) is 6.42 Å². The van der Waals surface area contributed by atoms with Crippen LogP contribution in [0.3, 0.4) is 0 Å². The van der Waals surface area contributed by atoms with Crippen LogP contribution in [0, 0.1) is 5.92 Å². The van der Waals surface area contributed by atoms with Crippen LogP contribution in [0.15, 0.2) is 0 Å². The number of esters is 1. The molecule has 0 N–H and O–H groups in total. The van der Waals surface area contributed by atoms with Crippen LogP contribution >= 0.6 is 0 Å². The molecule has 0 amide bonds. The van der Waals surface area contributed by atoms with Gasteiger partial charge in [-0.1, -0.05) is 13.8 Å². The van der Waals surface area contributed by atoms with Crippen molar-refractivity contribution in [2.24, 2.45) is 5.92 Å². The van der Waals surface area contributed by atoms with Gasteiger partial charge < -0.3 is 9.47 Å². The molecule has 0 spiro atoms. The van der Waals surface area contributed by atoms with Crippen molar-refractivity contribution in [2.45, 2.75) is 38.7 Å². The molecule has 0 aromatic carbocycles. The zero-order valence-corrected chi connectivity index (χ0v) is 8.50. The molecule has 0 radical (unpaired) electrons. The predicted molar refractivity (Wildman–Crippen MR) is 45.1 cm³/mol. The summed E-state index contributed by atoms with van der Waals surface area (Å²) in [7, 11) is 0. The Morgan fingerprint density at radius 2 is 2.07 bits per heavy atom. The number of hydrogen-bond donors (Lipinski definition) is 0. The van der Waals surface area contributed by atoms with Crippen LogP contribution in [0.1, 0.15) is 20.3 Å². The van der Waals surface area contributed by atoms with Gasteiger partial charge in [0.25, 0.3) is 0 Å². The van der Waals surface area contributed by atoms with Gasteiger partial charge in [0.05, 0.1) is 12.0 Å². The molecule has 0 bridgehead atoms. The van der Waals surface area contributed by atoms with Crippen LogP contribution < -0.4 is 0 Å². The highest BCUT2D eigenvalue weighted by Gasteiger charge is 2.49. The van der Waals surface area contributed by atoms with E-state index in [9.17, 15) is 18.0 Å². The van der Waals surface area contributed by atoms with E-state index in [1.165, 1.54) is 0 Å². The summed E-state index contributed by atoms with van der Waals surface area (Å²) >= 11 is 0. The summed E-state index contributed by atoms with van der Waals surface area (Å²) < 4.78 is 45.2. The highest BCUT2D eigenvalue weighted by Crippen LogP contribution is 2.34. The number of ether oxygens (including phenoxy) is 2. The second-order valence-electron chi connectivity index (χ2n) is 3.81. The Balaban J connectivity index is 2.16. The smallest absolute Gasteiger partial charge is 0.414 e. The molecule has 0 aromatic rings. The molecule has 1 aliphatic rings. The molecule has 88 valence electrons. The van der Waals surface area contributed by atoms with Crippen molar-refractivity contribution in [2.75, 3.05) is 6.61 Å². The van der Waals surface area contributed by atoms with E-state index >= 15 is 0 Å². The molecule has 1 fully saturated rings. The Labute approximate surface area is 85.5 Å². The van der Waals surface area contributed by atoms with Crippen molar-refractivity contribution in [3.8, 4) is 0 Å². The highest BCUT2D eigenvalue weighted by atomic mass is 19.4. The Kier molecular flexibility index (Phi) is 3.59. The van der Waals surface area contributed by atoms with Gasteiger partial charge in [-0.25, -0.2) is 0 Å². The summed E-state index contributed by atoms with van der Waals surface area (Å²) in [5.74, 6) is -0.697. The number of carbonyl (C=O) groups is 1. The summed E-state index contributed by atoms with van der Waals surface area (Å²) in [6.07, 6.45) is -6.74. The number of alkyl halides is 3. The van der Waals surface area contributed by atoms with Crippen molar-refractivity contribution in [1.82, 2.24) is 0 Å². The summed E-state index contributed by atoms with van der Waals surface area (Å²) in [6.45, 7) is 3.22. The van der Waals surface area contributed by atoms with Gasteiger partial charge in [-0.15, -0.1) is 0 Å². The second kappa shape index (κ2) is 4.38. The lowest BCUT2D eigenvalue weighted by Gasteiger charge is -2.36. The molecule has 0 saturated carbocycles. The third-order valence-corrected chi connectivity index (χ3v) is 2.08. The fourth-order valence-electron chi connectivity index (χ4n) is 1.12. The van der Waals surface area contributed by atoms with Gasteiger partial charge in [0.1, 0.15) is 6.61 Å². The molecule has 1 aliphatic heterocycles. The van der Waals surface area contributed by atoms with E-state index < -0.39 is 24.4 Å². The fourth-order valence-corrected chi connectivity index (χ4v) is 1.12. The van der Waals surface area contributed by atoms with Crippen LogP contribution in [-0.4, -0.2) is 31.0 Å². The van der Waals surface area contributed by atoms with Gasteiger partial charge in [0.15, 0.2) is 6.10 Å². The minimum atomic E-state index is -4.31. The fraction of sp³-hybridized carbons (Fsp3) is 0.889. The molecule has 1 heterocycles. The zero-order valence-electron chi connectivity index (χ0n) is 8.50. The SMILES string of the molecule is CC(C)C(=O)OCC1CC(C(F)(F)F)O1. The zero-order chi connectivity index (χ0) is 11.6. The van der Waals surface area contributed by atoms with E-state index in [0.717, 1.165) is 0 Å². The molecule has 2 atom stereocenters. The third kappa shape index (κ3) is 3.37. The molecule has 1 rings (SSSR count). The van der Waals surface area contributed by atoms with E-state index in [0.29, 0.717) is 0 Å². The van der Waals surface area contributed by atoms with Crippen molar-refractivity contribution >= 4 is 5.97 Å². The first kappa shape index (κ1) is 12.3. The summed E-state index contributed by atoms with van der Waals surface area (Å²) in [6, 6.07) is 0. The molecular formula is C9H13F3O3. The maximum absolute atomic E-state index is 12.0. The first-order valence-corrected chi connectivity index (χ1v) is 4.69. The molecule has 1 saturated heterocycles. The normalized spacial score (nSPS) is 26.3. The molecule has 2 unspecified atom stereocenters. The summed E-state index contributed by atoms with van der Waals surface area (Å²) in [4.78, 5) is 11.0. The maximum Gasteiger partial charge on any atom is 0.414 e. The number of hydrogen-bond acceptors (Lipinski definition) is 3. The van der Waals surface area contributed by atoms with Crippen molar-refractivity contribution in [3.63, 3.8) is 0 Å². The van der Waals surface area contributed by atoms with Crippen LogP contribution in [0.25, 0.3) is 0 Å². The Morgan fingerprint density at radius 1 is 1.53 bits per heavy atom. The molecule has 15 heavy (non-hydrogen) atoms. The third-order valence-electron chi connectivity index (χ3n) is 2.08. The molecule has 3 nitrogen and oxygen atoms in total. The highest BCUT2D eigenvalue weighted by molar-refractivity contribution is 5.71. The molecule has 0 aliphatic carbocycles. The van der Waals surface area contributed by atoms with Gasteiger partial charge in [-0.2, -0.15) is 13.2 Å². The van der Waals surface area contributed by atoms with E-state index in [2.05, 4.69) is 4.74 Å². The topological polar surface area (TPSA) is 35.5 Å². The first-order chi connectivity index (χ1) is 6.80. The van der Waals surface area contributed by atoms with Crippen LogP contribution in [0.5, 0.6) is 0 Å². The minimum Gasteiger partial charge on any atom is -0.463 e. The van der Waals surface area contributed by atoms with E-state index in [4.69, 9.17) is 4.74 Å². The summed E-state index contributed by atoms with van der Waals surface area (Å²) in [5, 5.41) is 0. The standard InChI is InChI=1S/C9H13F3O3/c1-5(2)8(13)14-4-6-3-7(15-6)9(10,11)12/h5-7H,3-4H2,1-2H3. The first-order valence-electron chi connectivity index (χ1n) is 4.69. The van der Waals surface area contributed by atoms with Crippen LogP contribution in [-0.2, 0) is 14.3 Å². The van der Waals surface area contributed by atoms with Crippen molar-refractivity contribution < 1.29 is 27.4 Å². The number of rotatable bonds is 3. The average molecular weight is 226 g/mol. The van der Waals surface area contributed by atoms with Crippen LogP contribution in [0.2, 0.25) is 0 Å². The van der Waals surface area contributed by atoms with Crippen LogP contribution in [0.4, 0.5) is 13.2 Å². The number of halogens is 3. The van der Waals surface area contributed by atoms with Gasteiger partial charge in [0.2, 0.25) is 0 Å². The Hall–Kier alpha value is -0.780. The molecule has 6 heteroatoms. The second-order valence-corrected chi connectivity index (χ2v) is 3.81. The Morgan fingerprint density at radius 3 is 2.47 bits per heavy atom. The maximum atomic E-state index is 12.0. The molecular weight excluding hydrogens is 213 g/mol. The monoisotopic (exact) mass is 226 g/mol. The van der Waals surface area contributed by atoms with Gasteiger partial charge in [-0.05, 0) is 0 Å². The van der Waals surface area contributed by atoms with E-state index in [-0.39, 0.29) is 18.9 Å². The Bertz CT molecular complexity index is 231. The minimum absolute atomic E-state index is 0.0937. The van der Waals surface area contributed by atoms with E-state index in [1.54, 1.807) is 13.8 Å². The molecule has 0 aromatic heterocycles. The van der Waals surface area contributed by atoms with Crippen molar-refractivity contribution in [1.29, 1.82) is 0 Å². The summed E-state index contributed by atoms with van der Waals surface area (Å²) in [5.41, 5.74) is 0. The lowest BCUT2D eigenvalue weighted by atomic mass is 10.1. The quantitative estimate of drug-likeness (QED) is 0.689. The lowest BCUT2D eigenvalue weighted by Crippen LogP contribution is -2.49. The number of carbonyl (C=O) groups excluding carboxylic acids is 1. The average Bonchev–Trinajstić information content (AvgIpc) is 1.97. The van der Waals surface area contributed by atoms with Gasteiger partial charge in [-0.3, -0.25) is 4.79 Å². The lowest BCUT2D eigenvalue weighted by molar-refractivity contribution is -0.291. The van der Waals surface area contributed by atoms with Crippen molar-refractivity contribution in [3.05, 3.63) is 0 Å². The predicted octanol–water partition coefficient (Wildman–Crippen LogP) is 1.91. The van der Waals surface area contributed by atoms with E-state index in [1.807, 2.05) is 0 Å². The largest absolute Gasteiger partial charge is 0.463 e. The van der Waals surface area contributed by atoms with Gasteiger partial charge >= 0.3 is 12.1 Å².